The van der Waals surface area contributed by atoms with Crippen LogP contribution in [0.4, 0.5) is 0 Å². The van der Waals surface area contributed by atoms with E-state index in [2.05, 4.69) is 0 Å². The Hall–Kier alpha value is -1.10. The molecule has 0 aromatic heterocycles. The second kappa shape index (κ2) is 7.07. The van der Waals surface area contributed by atoms with E-state index in [4.69, 9.17) is 5.11 Å². The van der Waals surface area contributed by atoms with Gasteiger partial charge in [-0.3, -0.25) is 9.59 Å². The van der Waals surface area contributed by atoms with Crippen LogP contribution in [0.5, 0.6) is 0 Å². The zero-order valence-corrected chi connectivity index (χ0v) is 12.8. The molecule has 0 radical (unpaired) electrons. The molecule has 0 spiro atoms. The first kappa shape index (κ1) is 17.0. The second-order valence-corrected chi connectivity index (χ2v) is 6.41. The zero-order chi connectivity index (χ0) is 15.3. The average molecular weight is 285 g/mol. The van der Waals surface area contributed by atoms with Crippen molar-refractivity contribution in [3.63, 3.8) is 0 Å². The molecule has 2 unspecified atom stereocenters. The number of hydrogen-bond donors (Lipinski definition) is 2. The van der Waals surface area contributed by atoms with Crippen LogP contribution < -0.4 is 0 Å². The largest absolute Gasteiger partial charge is 0.481 e. The molecule has 0 aromatic carbocycles. The highest BCUT2D eigenvalue weighted by atomic mass is 16.4. The molecule has 1 saturated heterocycles. The van der Waals surface area contributed by atoms with Crippen molar-refractivity contribution in [2.75, 3.05) is 19.7 Å². The van der Waals surface area contributed by atoms with E-state index in [9.17, 15) is 14.7 Å². The maximum atomic E-state index is 12.4. The Morgan fingerprint density at radius 1 is 1.40 bits per heavy atom. The van der Waals surface area contributed by atoms with Crippen molar-refractivity contribution in [3.8, 4) is 0 Å². The Bertz CT molecular complexity index is 354. The van der Waals surface area contributed by atoms with Crippen molar-refractivity contribution >= 4 is 11.9 Å². The lowest BCUT2D eigenvalue weighted by Gasteiger charge is -2.36. The molecule has 1 fully saturated rings. The van der Waals surface area contributed by atoms with Gasteiger partial charge in [0.2, 0.25) is 5.91 Å². The number of carbonyl (C=O) groups is 2. The smallest absolute Gasteiger partial charge is 0.310 e. The van der Waals surface area contributed by atoms with E-state index in [1.807, 2.05) is 13.8 Å². The van der Waals surface area contributed by atoms with E-state index in [-0.39, 0.29) is 24.9 Å². The number of hydrogen-bond acceptors (Lipinski definition) is 3. The summed E-state index contributed by atoms with van der Waals surface area (Å²) in [5, 5.41) is 18.4. The Morgan fingerprint density at radius 3 is 2.55 bits per heavy atom. The van der Waals surface area contributed by atoms with Gasteiger partial charge in [-0.05, 0) is 38.0 Å². The maximum absolute atomic E-state index is 12.4. The highest BCUT2D eigenvalue weighted by molar-refractivity contribution is 5.85. The van der Waals surface area contributed by atoms with Crippen molar-refractivity contribution in [3.05, 3.63) is 0 Å². The molecule has 0 aromatic rings. The van der Waals surface area contributed by atoms with Crippen LogP contribution in [0.2, 0.25) is 0 Å². The van der Waals surface area contributed by atoms with Crippen LogP contribution in [-0.4, -0.2) is 46.7 Å². The minimum atomic E-state index is -1.01. The van der Waals surface area contributed by atoms with E-state index >= 15 is 0 Å². The first-order valence-electron chi connectivity index (χ1n) is 7.43. The molecule has 2 N–H and O–H groups in total. The van der Waals surface area contributed by atoms with Gasteiger partial charge in [-0.15, -0.1) is 0 Å². The van der Waals surface area contributed by atoms with Crippen LogP contribution >= 0.6 is 0 Å². The van der Waals surface area contributed by atoms with Gasteiger partial charge >= 0.3 is 5.97 Å². The summed E-state index contributed by atoms with van der Waals surface area (Å²) in [5.41, 5.74) is -1.01. The lowest BCUT2D eigenvalue weighted by atomic mass is 9.76. The fourth-order valence-electron chi connectivity index (χ4n) is 2.66. The summed E-state index contributed by atoms with van der Waals surface area (Å²) in [6.45, 7) is 6.82. The molecule has 20 heavy (non-hydrogen) atoms. The van der Waals surface area contributed by atoms with Crippen LogP contribution in [0.1, 0.15) is 46.5 Å². The predicted octanol–water partition coefficient (Wildman–Crippen LogP) is 1.74. The molecule has 1 aliphatic heterocycles. The minimum Gasteiger partial charge on any atom is -0.481 e. The van der Waals surface area contributed by atoms with Crippen molar-refractivity contribution in [2.45, 2.75) is 46.5 Å². The molecule has 1 rings (SSSR count). The number of aliphatic carboxylic acids is 1. The molecule has 116 valence electrons. The molecule has 2 atom stereocenters. The first-order chi connectivity index (χ1) is 9.31. The highest BCUT2D eigenvalue weighted by Gasteiger charge is 2.40. The van der Waals surface area contributed by atoms with Gasteiger partial charge in [-0.25, -0.2) is 0 Å². The lowest BCUT2D eigenvalue weighted by molar-refractivity contribution is -0.156. The van der Waals surface area contributed by atoms with Crippen molar-refractivity contribution < 1.29 is 19.8 Å². The fraction of sp³-hybridized carbons (Fsp3) is 0.867. The Morgan fingerprint density at radius 2 is 2.05 bits per heavy atom. The maximum Gasteiger partial charge on any atom is 0.310 e. The third-order valence-corrected chi connectivity index (χ3v) is 4.69. The van der Waals surface area contributed by atoms with Gasteiger partial charge in [0.25, 0.3) is 0 Å². The van der Waals surface area contributed by atoms with Crippen LogP contribution in [0.3, 0.4) is 0 Å². The molecule has 0 bridgehead atoms. The molecule has 0 aliphatic carbocycles. The summed E-state index contributed by atoms with van der Waals surface area (Å²) in [7, 11) is 0. The number of likely N-dealkylation sites (tertiary alicyclic amines) is 1. The van der Waals surface area contributed by atoms with Gasteiger partial charge in [0.05, 0.1) is 5.41 Å². The van der Waals surface area contributed by atoms with Crippen molar-refractivity contribution in [1.82, 2.24) is 4.90 Å². The first-order valence-corrected chi connectivity index (χ1v) is 7.43. The number of piperidine rings is 1. The summed E-state index contributed by atoms with van der Waals surface area (Å²) >= 11 is 0. The van der Waals surface area contributed by atoms with Crippen LogP contribution in [0.25, 0.3) is 0 Å². The number of aliphatic hydroxyl groups excluding tert-OH is 1. The molecule has 5 nitrogen and oxygen atoms in total. The summed E-state index contributed by atoms with van der Waals surface area (Å²) in [6.07, 6.45) is 2.72. The fourth-order valence-corrected chi connectivity index (χ4v) is 2.66. The van der Waals surface area contributed by atoms with Crippen LogP contribution in [0.15, 0.2) is 0 Å². The van der Waals surface area contributed by atoms with Crippen LogP contribution in [0, 0.1) is 17.3 Å². The Labute approximate surface area is 121 Å². The third-order valence-electron chi connectivity index (χ3n) is 4.69. The summed E-state index contributed by atoms with van der Waals surface area (Å²) < 4.78 is 0. The summed E-state index contributed by atoms with van der Waals surface area (Å²) in [4.78, 5) is 25.6. The molecule has 1 heterocycles. The summed E-state index contributed by atoms with van der Waals surface area (Å²) in [6, 6.07) is 0. The van der Waals surface area contributed by atoms with E-state index < -0.39 is 11.4 Å². The molecular formula is C15H27NO4. The van der Waals surface area contributed by atoms with Crippen molar-refractivity contribution in [2.24, 2.45) is 17.3 Å². The van der Waals surface area contributed by atoms with E-state index in [0.717, 1.165) is 12.8 Å². The van der Waals surface area contributed by atoms with Gasteiger partial charge < -0.3 is 15.1 Å². The minimum absolute atomic E-state index is 0.0475. The highest BCUT2D eigenvalue weighted by Crippen LogP contribution is 2.33. The number of nitrogens with zero attached hydrogens (tertiary/aromatic N) is 1. The van der Waals surface area contributed by atoms with Crippen molar-refractivity contribution in [1.29, 1.82) is 0 Å². The third kappa shape index (κ3) is 3.95. The van der Waals surface area contributed by atoms with Gasteiger partial charge in [0.15, 0.2) is 0 Å². The van der Waals surface area contributed by atoms with Gasteiger partial charge in [0, 0.05) is 26.1 Å². The molecule has 5 heteroatoms. The van der Waals surface area contributed by atoms with Gasteiger partial charge in [-0.1, -0.05) is 13.8 Å². The number of amides is 1. The quantitative estimate of drug-likeness (QED) is 0.779. The molecule has 0 saturated carbocycles. The molecular weight excluding hydrogens is 258 g/mol. The van der Waals surface area contributed by atoms with Gasteiger partial charge in [-0.2, -0.15) is 0 Å². The SMILES string of the molecule is CC(C)C(C)(CC(=O)N1CCCC(CCO)C1)C(=O)O. The number of rotatable bonds is 6. The topological polar surface area (TPSA) is 77.8 Å². The summed E-state index contributed by atoms with van der Waals surface area (Å²) in [5.74, 6) is -0.745. The normalized spacial score (nSPS) is 22.6. The van der Waals surface area contributed by atoms with Gasteiger partial charge in [0.1, 0.15) is 0 Å². The number of carboxylic acids is 1. The van der Waals surface area contributed by atoms with Crippen LogP contribution in [-0.2, 0) is 9.59 Å². The second-order valence-electron chi connectivity index (χ2n) is 6.41. The van der Waals surface area contributed by atoms with E-state index in [0.29, 0.717) is 25.4 Å². The number of aliphatic hydroxyl groups is 1. The molecule has 1 aliphatic rings. The number of carboxylic acid groups (broad SMARTS) is 1. The standard InChI is InChI=1S/C15H27NO4/c1-11(2)15(3,14(19)20)9-13(18)16-7-4-5-12(10-16)6-8-17/h11-12,17H,4-10H2,1-3H3,(H,19,20). The Balaban J connectivity index is 2.67. The Kier molecular flexibility index (Phi) is 5.99. The lowest BCUT2D eigenvalue weighted by Crippen LogP contribution is -2.44. The zero-order valence-electron chi connectivity index (χ0n) is 12.8. The van der Waals surface area contributed by atoms with E-state index in [1.54, 1.807) is 11.8 Å². The van der Waals surface area contributed by atoms with E-state index in [1.165, 1.54) is 0 Å². The number of carbonyl (C=O) groups excluding carboxylic acids is 1. The predicted molar refractivity (Wildman–Crippen MR) is 76.2 cm³/mol. The molecule has 1 amide bonds. The average Bonchev–Trinajstić information content (AvgIpc) is 2.38. The monoisotopic (exact) mass is 285 g/mol.